The van der Waals surface area contributed by atoms with E-state index in [-0.39, 0.29) is 11.5 Å². The molecule has 0 unspecified atom stereocenters. The van der Waals surface area contributed by atoms with Crippen molar-refractivity contribution in [1.29, 1.82) is 0 Å². The van der Waals surface area contributed by atoms with Gasteiger partial charge in [-0.1, -0.05) is 12.5 Å². The second-order valence-electron chi connectivity index (χ2n) is 4.62. The molecule has 0 radical (unpaired) electrons. The molecule has 0 saturated heterocycles. The Morgan fingerprint density at radius 1 is 1.40 bits per heavy atom. The fourth-order valence-corrected chi connectivity index (χ4v) is 2.82. The van der Waals surface area contributed by atoms with Gasteiger partial charge in [0.2, 0.25) is 0 Å². The van der Waals surface area contributed by atoms with Crippen LogP contribution in [-0.2, 0) is 16.6 Å². The van der Waals surface area contributed by atoms with Crippen molar-refractivity contribution in [2.75, 3.05) is 6.61 Å². The average Bonchev–Trinajstić information content (AvgIpc) is 2.40. The third-order valence-electron chi connectivity index (χ3n) is 3.25. The molecule has 1 rings (SSSR count). The molecule has 0 saturated carbocycles. The highest BCUT2D eigenvalue weighted by Gasteiger charge is 2.22. The van der Waals surface area contributed by atoms with Gasteiger partial charge in [0.05, 0.1) is 12.2 Å². The summed E-state index contributed by atoms with van der Waals surface area (Å²) >= 11 is 3.45. The van der Waals surface area contributed by atoms with E-state index < -0.39 is 0 Å². The largest absolute Gasteiger partial charge is 0.462 e. The van der Waals surface area contributed by atoms with Crippen molar-refractivity contribution < 1.29 is 9.53 Å². The first-order chi connectivity index (χ1) is 9.34. The number of carbonyl (C=O) groups excluding carboxylic acids is 1. The molecule has 0 N–H and O–H groups in total. The summed E-state index contributed by atoms with van der Waals surface area (Å²) in [6, 6.07) is 0. The second-order valence-corrected chi connectivity index (χ2v) is 5.48. The number of nitrogens with zero attached hydrogens (tertiary/aromatic N) is 1. The summed E-state index contributed by atoms with van der Waals surface area (Å²) in [6.45, 7) is 7.66. The van der Waals surface area contributed by atoms with Crippen LogP contribution in [0.2, 0.25) is 0 Å². The molecule has 0 fully saturated rings. The summed E-state index contributed by atoms with van der Waals surface area (Å²) in [5.41, 5.74) is 2.44. The zero-order valence-corrected chi connectivity index (χ0v) is 14.1. The van der Waals surface area contributed by atoms with Crippen LogP contribution in [0, 0.1) is 6.92 Å². The van der Waals surface area contributed by atoms with Crippen LogP contribution in [0.25, 0.3) is 5.57 Å². The van der Waals surface area contributed by atoms with E-state index in [2.05, 4.69) is 15.9 Å². The topological polar surface area (TPSA) is 48.3 Å². The minimum absolute atomic E-state index is 0.117. The molecule has 0 aliphatic rings. The number of hydrogen-bond donors (Lipinski definition) is 0. The number of carbonyl (C=O) groups is 1. The van der Waals surface area contributed by atoms with Crippen LogP contribution < -0.4 is 5.56 Å². The number of aryl methyl sites for hydroxylation is 1. The number of hydrogen-bond acceptors (Lipinski definition) is 3. The highest BCUT2D eigenvalue weighted by molar-refractivity contribution is 9.10. The van der Waals surface area contributed by atoms with Gasteiger partial charge in [-0.25, -0.2) is 4.79 Å². The van der Waals surface area contributed by atoms with Gasteiger partial charge < -0.3 is 9.30 Å². The number of allylic oxidation sites excluding steroid dienone is 1. The quantitative estimate of drug-likeness (QED) is 0.624. The van der Waals surface area contributed by atoms with E-state index in [1.165, 1.54) is 4.57 Å². The molecule has 0 aliphatic heterocycles. The van der Waals surface area contributed by atoms with Crippen molar-refractivity contribution >= 4 is 27.5 Å². The summed E-state index contributed by atoms with van der Waals surface area (Å²) in [5.74, 6) is -0.385. The van der Waals surface area contributed by atoms with Crippen molar-refractivity contribution in [3.8, 4) is 0 Å². The van der Waals surface area contributed by atoms with Gasteiger partial charge >= 0.3 is 5.97 Å². The van der Waals surface area contributed by atoms with Crippen molar-refractivity contribution in [3.05, 3.63) is 37.7 Å². The Morgan fingerprint density at radius 2 is 2.00 bits per heavy atom. The molecule has 5 heteroatoms. The van der Waals surface area contributed by atoms with E-state index >= 15 is 0 Å². The van der Waals surface area contributed by atoms with Crippen LogP contribution in [0.5, 0.6) is 0 Å². The van der Waals surface area contributed by atoms with Crippen LogP contribution in [-0.4, -0.2) is 17.1 Å². The maximum atomic E-state index is 12.2. The van der Waals surface area contributed by atoms with E-state index in [1.54, 1.807) is 27.1 Å². The predicted octanol–water partition coefficient (Wildman–Crippen LogP) is 3.20. The molecule has 4 nitrogen and oxygen atoms in total. The number of pyridine rings is 1. The van der Waals surface area contributed by atoms with Gasteiger partial charge in [-0.2, -0.15) is 0 Å². The molecule has 0 aliphatic carbocycles. The fraction of sp³-hybridized carbons (Fsp3) is 0.467. The maximum absolute atomic E-state index is 12.2. The Balaban J connectivity index is 3.64. The zero-order chi connectivity index (χ0) is 15.4. The summed E-state index contributed by atoms with van der Waals surface area (Å²) in [5, 5.41) is 0. The summed E-state index contributed by atoms with van der Waals surface area (Å²) in [6.07, 6.45) is 2.39. The maximum Gasteiger partial charge on any atom is 0.338 e. The first-order valence-electron chi connectivity index (χ1n) is 6.58. The van der Waals surface area contributed by atoms with Gasteiger partial charge in [-0.3, -0.25) is 4.79 Å². The Kier molecular flexibility index (Phi) is 5.74. The lowest BCUT2D eigenvalue weighted by Crippen LogP contribution is -2.22. The van der Waals surface area contributed by atoms with Gasteiger partial charge in [0.1, 0.15) is 0 Å². The standard InChI is InChI=1S/C15H20BrNO3/c1-6-9(3)12(15(19)20-7-2)13-10(4)14(18)17(5)8-11(13)16/h8H,6-7H2,1-5H3/b12-9+. The van der Waals surface area contributed by atoms with Crippen LogP contribution >= 0.6 is 15.9 Å². The van der Waals surface area contributed by atoms with E-state index in [4.69, 9.17) is 4.74 Å². The zero-order valence-electron chi connectivity index (χ0n) is 12.5. The number of rotatable bonds is 4. The summed E-state index contributed by atoms with van der Waals surface area (Å²) in [4.78, 5) is 24.3. The van der Waals surface area contributed by atoms with E-state index in [0.717, 1.165) is 12.0 Å². The number of esters is 1. The fourth-order valence-electron chi connectivity index (χ4n) is 2.02. The van der Waals surface area contributed by atoms with Crippen LogP contribution in [0.15, 0.2) is 21.0 Å². The Morgan fingerprint density at radius 3 is 2.50 bits per heavy atom. The number of aromatic nitrogens is 1. The molecular weight excluding hydrogens is 322 g/mol. The molecule has 0 bridgehead atoms. The Bertz CT molecular complexity index is 614. The molecule has 0 amide bonds. The molecule has 1 aromatic rings. The molecule has 1 heterocycles. The summed E-state index contributed by atoms with van der Waals surface area (Å²) in [7, 11) is 1.68. The highest BCUT2D eigenvalue weighted by Crippen LogP contribution is 2.30. The van der Waals surface area contributed by atoms with Crippen LogP contribution in [0.3, 0.4) is 0 Å². The van der Waals surface area contributed by atoms with Crippen molar-refractivity contribution in [2.45, 2.75) is 34.1 Å². The van der Waals surface area contributed by atoms with Gasteiger partial charge in [-0.15, -0.1) is 0 Å². The minimum Gasteiger partial charge on any atom is -0.462 e. The van der Waals surface area contributed by atoms with Crippen molar-refractivity contribution in [3.63, 3.8) is 0 Å². The first-order valence-corrected chi connectivity index (χ1v) is 7.37. The molecule has 1 aromatic heterocycles. The monoisotopic (exact) mass is 341 g/mol. The minimum atomic E-state index is -0.385. The first kappa shape index (κ1) is 16.7. The van der Waals surface area contributed by atoms with Gasteiger partial charge in [0, 0.05) is 28.8 Å². The van der Waals surface area contributed by atoms with Crippen molar-refractivity contribution in [1.82, 2.24) is 4.57 Å². The van der Waals surface area contributed by atoms with E-state index in [1.807, 2.05) is 13.8 Å². The van der Waals surface area contributed by atoms with E-state index in [0.29, 0.717) is 27.8 Å². The normalized spacial score (nSPS) is 12.1. The lowest BCUT2D eigenvalue weighted by atomic mass is 9.96. The lowest BCUT2D eigenvalue weighted by Gasteiger charge is -2.15. The van der Waals surface area contributed by atoms with Gasteiger partial charge in [-0.05, 0) is 43.1 Å². The van der Waals surface area contributed by atoms with Gasteiger partial charge in [0.15, 0.2) is 0 Å². The molecule has 0 atom stereocenters. The van der Waals surface area contributed by atoms with E-state index in [9.17, 15) is 9.59 Å². The molecule has 20 heavy (non-hydrogen) atoms. The average molecular weight is 342 g/mol. The lowest BCUT2D eigenvalue weighted by molar-refractivity contribution is -0.136. The predicted molar refractivity (Wildman–Crippen MR) is 83.6 cm³/mol. The molecular formula is C15H20BrNO3. The Hall–Kier alpha value is -1.36. The Labute approximate surface area is 127 Å². The smallest absolute Gasteiger partial charge is 0.338 e. The molecule has 0 aromatic carbocycles. The molecule has 110 valence electrons. The van der Waals surface area contributed by atoms with Crippen LogP contribution in [0.4, 0.5) is 0 Å². The SMILES string of the molecule is CCOC(=O)/C(=C(\C)CC)c1c(Br)cn(C)c(=O)c1C. The third-order valence-corrected chi connectivity index (χ3v) is 3.85. The van der Waals surface area contributed by atoms with Crippen molar-refractivity contribution in [2.24, 2.45) is 7.05 Å². The highest BCUT2D eigenvalue weighted by atomic mass is 79.9. The number of ether oxygens (including phenoxy) is 1. The summed E-state index contributed by atoms with van der Waals surface area (Å²) < 4.78 is 7.34. The van der Waals surface area contributed by atoms with Gasteiger partial charge in [0.25, 0.3) is 5.56 Å². The number of halogens is 1. The molecule has 0 spiro atoms. The second kappa shape index (κ2) is 6.88. The third kappa shape index (κ3) is 3.20. The van der Waals surface area contributed by atoms with Crippen LogP contribution in [0.1, 0.15) is 38.3 Å².